The first kappa shape index (κ1) is 18.0. The molecule has 0 aliphatic carbocycles. The van der Waals surface area contributed by atoms with Crippen LogP contribution in [0.25, 0.3) is 16.5 Å². The third-order valence-corrected chi connectivity index (χ3v) is 3.88. The molecule has 0 radical (unpaired) electrons. The fourth-order valence-corrected chi connectivity index (χ4v) is 2.64. The van der Waals surface area contributed by atoms with Gasteiger partial charge in [-0.3, -0.25) is 9.78 Å². The first-order valence-electron chi connectivity index (χ1n) is 8.00. The molecule has 1 amide bonds. The number of halogens is 1. The Labute approximate surface area is 154 Å². The number of benzene rings is 2. The summed E-state index contributed by atoms with van der Waals surface area (Å²) in [6, 6.07) is 12.7. The number of nitrogens with zero attached hydrogens (tertiary/aromatic N) is 1. The van der Waals surface area contributed by atoms with Crippen molar-refractivity contribution in [2.75, 3.05) is 5.32 Å². The van der Waals surface area contributed by atoms with Gasteiger partial charge >= 0.3 is 5.97 Å². The van der Waals surface area contributed by atoms with E-state index in [4.69, 9.17) is 5.11 Å². The summed E-state index contributed by atoms with van der Waals surface area (Å²) in [5.74, 6) is -2.20. The Balaban J connectivity index is 1.97. The number of fused-ring (bicyclic) bond motifs is 1. The highest BCUT2D eigenvalue weighted by molar-refractivity contribution is 6.11. The molecule has 2 N–H and O–H groups in total. The lowest BCUT2D eigenvalue weighted by atomic mass is 9.99. The van der Waals surface area contributed by atoms with E-state index >= 15 is 0 Å². The molecule has 0 saturated heterocycles. The number of carbonyl (C=O) groups excluding carboxylic acids is 1. The van der Waals surface area contributed by atoms with E-state index in [1.807, 2.05) is 12.1 Å². The molecule has 0 aliphatic heterocycles. The van der Waals surface area contributed by atoms with Gasteiger partial charge in [0.05, 0.1) is 11.2 Å². The second-order valence-electron chi connectivity index (χ2n) is 5.72. The normalized spacial score (nSPS) is 10.9. The van der Waals surface area contributed by atoms with E-state index in [2.05, 4.69) is 16.9 Å². The van der Waals surface area contributed by atoms with E-state index in [9.17, 15) is 14.0 Å². The minimum atomic E-state index is -1.17. The number of carboxylic acids is 1. The molecular formula is C21H15FN2O3. The van der Waals surface area contributed by atoms with Crippen molar-refractivity contribution in [3.05, 3.63) is 90.4 Å². The SMILES string of the molecule is C=C(/C=C/C(=O)O)c1cc(F)ccc1C(=O)Nc1cccc2cccnc12. The predicted molar refractivity (Wildman–Crippen MR) is 102 cm³/mol. The van der Waals surface area contributed by atoms with Gasteiger partial charge in [-0.05, 0) is 47.5 Å². The Morgan fingerprint density at radius 1 is 1.07 bits per heavy atom. The van der Waals surface area contributed by atoms with Crippen LogP contribution < -0.4 is 5.32 Å². The van der Waals surface area contributed by atoms with E-state index in [1.165, 1.54) is 12.1 Å². The second-order valence-corrected chi connectivity index (χ2v) is 5.72. The first-order chi connectivity index (χ1) is 13.0. The van der Waals surface area contributed by atoms with Crippen molar-refractivity contribution in [2.45, 2.75) is 0 Å². The number of rotatable bonds is 5. The number of allylic oxidation sites excluding steroid dienone is 2. The Morgan fingerprint density at radius 3 is 2.63 bits per heavy atom. The average molecular weight is 362 g/mol. The maximum absolute atomic E-state index is 13.7. The van der Waals surface area contributed by atoms with Crippen molar-refractivity contribution < 1.29 is 19.1 Å². The first-order valence-corrected chi connectivity index (χ1v) is 8.00. The summed E-state index contributed by atoms with van der Waals surface area (Å²) in [4.78, 5) is 27.8. The van der Waals surface area contributed by atoms with E-state index in [0.717, 1.165) is 23.6 Å². The molecular weight excluding hydrogens is 347 g/mol. The van der Waals surface area contributed by atoms with Crippen molar-refractivity contribution in [3.8, 4) is 0 Å². The number of aliphatic carboxylic acids is 1. The van der Waals surface area contributed by atoms with E-state index < -0.39 is 17.7 Å². The number of para-hydroxylation sites is 1. The summed E-state index contributed by atoms with van der Waals surface area (Å²) < 4.78 is 13.7. The lowest BCUT2D eigenvalue weighted by Gasteiger charge is -2.12. The molecule has 0 aliphatic rings. The third-order valence-electron chi connectivity index (χ3n) is 3.88. The van der Waals surface area contributed by atoms with Gasteiger partial charge in [0.2, 0.25) is 0 Å². The zero-order chi connectivity index (χ0) is 19.4. The number of nitrogens with one attached hydrogen (secondary N) is 1. The van der Waals surface area contributed by atoms with E-state index in [0.29, 0.717) is 11.2 Å². The molecule has 0 unspecified atom stereocenters. The zero-order valence-electron chi connectivity index (χ0n) is 14.1. The minimum absolute atomic E-state index is 0.171. The van der Waals surface area contributed by atoms with E-state index in [1.54, 1.807) is 24.4 Å². The average Bonchev–Trinajstić information content (AvgIpc) is 2.66. The predicted octanol–water partition coefficient (Wildman–Crippen LogP) is 4.28. The highest BCUT2D eigenvalue weighted by Crippen LogP contribution is 2.24. The molecule has 0 atom stereocenters. The van der Waals surface area contributed by atoms with Crippen LogP contribution in [0.5, 0.6) is 0 Å². The Kier molecular flexibility index (Phi) is 5.08. The van der Waals surface area contributed by atoms with Crippen LogP contribution in [0.15, 0.2) is 73.5 Å². The summed E-state index contributed by atoms with van der Waals surface area (Å²) in [7, 11) is 0. The van der Waals surface area contributed by atoms with Crippen molar-refractivity contribution in [1.29, 1.82) is 0 Å². The van der Waals surface area contributed by atoms with Crippen LogP contribution in [0, 0.1) is 5.82 Å². The van der Waals surface area contributed by atoms with Crippen LogP contribution >= 0.6 is 0 Å². The fourth-order valence-electron chi connectivity index (χ4n) is 2.64. The topological polar surface area (TPSA) is 79.3 Å². The number of aromatic nitrogens is 1. The number of pyridine rings is 1. The smallest absolute Gasteiger partial charge is 0.328 e. The standard InChI is InChI=1S/C21H15FN2O3/c1-13(7-10-19(25)26)17-12-15(22)8-9-16(17)21(27)24-18-6-2-4-14-5-3-11-23-20(14)18/h2-12H,1H2,(H,24,27)(H,25,26)/b10-7+. The largest absolute Gasteiger partial charge is 0.478 e. The highest BCUT2D eigenvalue weighted by Gasteiger charge is 2.15. The number of hydrogen-bond acceptors (Lipinski definition) is 3. The Hall–Kier alpha value is -3.80. The van der Waals surface area contributed by atoms with Gasteiger partial charge in [-0.2, -0.15) is 0 Å². The van der Waals surface area contributed by atoms with Gasteiger partial charge in [0.15, 0.2) is 0 Å². The lowest BCUT2D eigenvalue weighted by molar-refractivity contribution is -0.131. The summed E-state index contributed by atoms with van der Waals surface area (Å²) in [6.45, 7) is 3.73. The van der Waals surface area contributed by atoms with Crippen molar-refractivity contribution in [3.63, 3.8) is 0 Å². The van der Waals surface area contributed by atoms with Crippen LogP contribution in [0.2, 0.25) is 0 Å². The van der Waals surface area contributed by atoms with Gasteiger partial charge in [0.25, 0.3) is 5.91 Å². The lowest BCUT2D eigenvalue weighted by Crippen LogP contribution is -2.14. The van der Waals surface area contributed by atoms with Crippen molar-refractivity contribution in [2.24, 2.45) is 0 Å². The van der Waals surface area contributed by atoms with Gasteiger partial charge in [-0.25, -0.2) is 9.18 Å². The van der Waals surface area contributed by atoms with Gasteiger partial charge in [0.1, 0.15) is 5.82 Å². The summed E-state index contributed by atoms with van der Waals surface area (Å²) in [5.41, 5.74) is 1.72. The molecule has 6 heteroatoms. The molecule has 3 rings (SSSR count). The highest BCUT2D eigenvalue weighted by atomic mass is 19.1. The summed E-state index contributed by atoms with van der Waals surface area (Å²) in [6.07, 6.45) is 3.72. The maximum Gasteiger partial charge on any atom is 0.328 e. The van der Waals surface area contributed by atoms with Crippen LogP contribution in [-0.2, 0) is 4.79 Å². The quantitative estimate of drug-likeness (QED) is 0.524. The fraction of sp³-hybridized carbons (Fsp3) is 0. The molecule has 3 aromatic rings. The number of carboxylic acid groups (broad SMARTS) is 1. The van der Waals surface area contributed by atoms with Crippen LogP contribution in [-0.4, -0.2) is 22.0 Å². The second kappa shape index (κ2) is 7.61. The van der Waals surface area contributed by atoms with Crippen LogP contribution in [0.3, 0.4) is 0 Å². The number of amides is 1. The van der Waals surface area contributed by atoms with Crippen molar-refractivity contribution >= 4 is 34.0 Å². The molecule has 134 valence electrons. The molecule has 27 heavy (non-hydrogen) atoms. The minimum Gasteiger partial charge on any atom is -0.478 e. The molecule has 2 aromatic carbocycles. The summed E-state index contributed by atoms with van der Waals surface area (Å²) in [5, 5.41) is 12.4. The zero-order valence-corrected chi connectivity index (χ0v) is 14.1. The van der Waals surface area contributed by atoms with Crippen LogP contribution in [0.1, 0.15) is 15.9 Å². The molecule has 5 nitrogen and oxygen atoms in total. The van der Waals surface area contributed by atoms with E-state index in [-0.39, 0.29) is 16.7 Å². The van der Waals surface area contributed by atoms with Crippen LogP contribution in [0.4, 0.5) is 10.1 Å². The molecule has 0 bridgehead atoms. The maximum atomic E-state index is 13.7. The van der Waals surface area contributed by atoms with Gasteiger partial charge in [-0.15, -0.1) is 0 Å². The molecule has 0 spiro atoms. The number of hydrogen-bond donors (Lipinski definition) is 2. The van der Waals surface area contributed by atoms with Crippen molar-refractivity contribution in [1.82, 2.24) is 4.98 Å². The summed E-state index contributed by atoms with van der Waals surface area (Å²) >= 11 is 0. The third kappa shape index (κ3) is 4.07. The van der Waals surface area contributed by atoms with Gasteiger partial charge in [0, 0.05) is 23.2 Å². The molecule has 1 aromatic heterocycles. The molecule has 1 heterocycles. The number of carbonyl (C=O) groups is 2. The van der Waals surface area contributed by atoms with Gasteiger partial charge < -0.3 is 10.4 Å². The monoisotopic (exact) mass is 362 g/mol. The van der Waals surface area contributed by atoms with Gasteiger partial charge in [-0.1, -0.05) is 24.8 Å². The Bertz CT molecular complexity index is 1080. The molecule has 0 fully saturated rings. The Morgan fingerprint density at radius 2 is 1.85 bits per heavy atom. The number of anilines is 1. The molecule has 0 saturated carbocycles.